The van der Waals surface area contributed by atoms with Gasteiger partial charge in [0.25, 0.3) is 5.91 Å². The molecule has 1 unspecified atom stereocenters. The average Bonchev–Trinajstić information content (AvgIpc) is 2.63. The SMILES string of the molecule is Cc1cccnc1C(=O)Nc1ccc(F)c(C2(CF)COCC(N)=N2)c1. The van der Waals surface area contributed by atoms with Crippen molar-refractivity contribution in [3.8, 4) is 0 Å². The molecule has 136 valence electrons. The van der Waals surface area contributed by atoms with Gasteiger partial charge in [-0.05, 0) is 36.8 Å². The number of carbonyl (C=O) groups is 1. The topological polar surface area (TPSA) is 89.6 Å². The molecule has 8 heteroatoms. The van der Waals surface area contributed by atoms with E-state index in [1.54, 1.807) is 19.1 Å². The molecule has 3 N–H and O–H groups in total. The van der Waals surface area contributed by atoms with Gasteiger partial charge < -0.3 is 15.8 Å². The Morgan fingerprint density at radius 3 is 2.92 bits per heavy atom. The maximum Gasteiger partial charge on any atom is 0.274 e. The van der Waals surface area contributed by atoms with Gasteiger partial charge in [-0.15, -0.1) is 0 Å². The average molecular weight is 360 g/mol. The molecule has 1 atom stereocenters. The summed E-state index contributed by atoms with van der Waals surface area (Å²) in [5, 5.41) is 2.65. The van der Waals surface area contributed by atoms with Gasteiger partial charge in [-0.25, -0.2) is 8.78 Å². The van der Waals surface area contributed by atoms with E-state index in [-0.39, 0.29) is 30.3 Å². The molecule has 0 aliphatic carbocycles. The number of alkyl halides is 1. The number of halogens is 2. The summed E-state index contributed by atoms with van der Waals surface area (Å²) in [6.07, 6.45) is 1.51. The smallest absolute Gasteiger partial charge is 0.274 e. The zero-order valence-electron chi connectivity index (χ0n) is 14.1. The van der Waals surface area contributed by atoms with Crippen LogP contribution in [0.5, 0.6) is 0 Å². The number of amides is 1. The number of nitrogens with one attached hydrogen (secondary N) is 1. The standard InChI is InChI=1S/C18H18F2N4O2/c1-11-3-2-6-22-16(11)17(25)23-12-4-5-14(20)13(7-12)18(9-19)10-26-8-15(21)24-18/h2-7H,8-10H2,1H3,(H2,21,24)(H,23,25). The Kier molecular flexibility index (Phi) is 4.94. The molecule has 0 radical (unpaired) electrons. The van der Waals surface area contributed by atoms with Crippen molar-refractivity contribution in [1.29, 1.82) is 0 Å². The summed E-state index contributed by atoms with van der Waals surface area (Å²) in [5.41, 5.74) is 5.30. The lowest BCUT2D eigenvalue weighted by Crippen LogP contribution is -2.42. The lowest BCUT2D eigenvalue weighted by Gasteiger charge is -2.31. The number of aromatic nitrogens is 1. The van der Waals surface area contributed by atoms with Crippen molar-refractivity contribution >= 4 is 17.4 Å². The zero-order chi connectivity index (χ0) is 18.7. The number of amidine groups is 1. The van der Waals surface area contributed by atoms with Crippen LogP contribution in [0.1, 0.15) is 21.6 Å². The minimum Gasteiger partial charge on any atom is -0.385 e. The minimum absolute atomic E-state index is 0.0295. The van der Waals surface area contributed by atoms with Crippen LogP contribution in [0.25, 0.3) is 0 Å². The Labute approximate surface area is 149 Å². The molecule has 0 saturated carbocycles. The number of anilines is 1. The van der Waals surface area contributed by atoms with Crippen molar-refractivity contribution in [2.45, 2.75) is 12.5 Å². The Hall–Kier alpha value is -2.87. The third-order valence-electron chi connectivity index (χ3n) is 4.12. The molecular formula is C18H18F2N4O2. The number of ether oxygens (including phenoxy) is 1. The molecule has 0 bridgehead atoms. The van der Waals surface area contributed by atoms with E-state index in [0.29, 0.717) is 11.3 Å². The van der Waals surface area contributed by atoms with E-state index in [1.165, 1.54) is 18.3 Å². The van der Waals surface area contributed by atoms with Crippen LogP contribution < -0.4 is 11.1 Å². The van der Waals surface area contributed by atoms with Crippen LogP contribution in [0, 0.1) is 12.7 Å². The number of aryl methyl sites for hydroxylation is 1. The first-order chi connectivity index (χ1) is 12.4. The third-order valence-corrected chi connectivity index (χ3v) is 4.12. The summed E-state index contributed by atoms with van der Waals surface area (Å²) in [5.74, 6) is -1.01. The van der Waals surface area contributed by atoms with E-state index in [1.807, 2.05) is 0 Å². The van der Waals surface area contributed by atoms with Gasteiger partial charge in [0.15, 0.2) is 0 Å². The molecule has 0 fully saturated rings. The predicted octanol–water partition coefficient (Wildman–Crippen LogP) is 2.33. The predicted molar refractivity (Wildman–Crippen MR) is 93.4 cm³/mol. The van der Waals surface area contributed by atoms with E-state index in [9.17, 15) is 13.6 Å². The van der Waals surface area contributed by atoms with Gasteiger partial charge in [-0.1, -0.05) is 6.07 Å². The fourth-order valence-electron chi connectivity index (χ4n) is 2.82. The number of nitrogens with two attached hydrogens (primary N) is 1. The van der Waals surface area contributed by atoms with Gasteiger partial charge in [0.2, 0.25) is 0 Å². The van der Waals surface area contributed by atoms with Gasteiger partial charge in [0.1, 0.15) is 36.2 Å². The van der Waals surface area contributed by atoms with Crippen LogP contribution in [0.4, 0.5) is 14.5 Å². The van der Waals surface area contributed by atoms with Crippen LogP contribution >= 0.6 is 0 Å². The maximum absolute atomic E-state index is 14.4. The number of nitrogens with zero attached hydrogens (tertiary/aromatic N) is 2. The van der Waals surface area contributed by atoms with Gasteiger partial charge in [0, 0.05) is 17.4 Å². The minimum atomic E-state index is -1.56. The van der Waals surface area contributed by atoms with Crippen LogP contribution in [0.3, 0.4) is 0 Å². The number of carbonyl (C=O) groups excluding carboxylic acids is 1. The first kappa shape index (κ1) is 17.9. The summed E-state index contributed by atoms with van der Waals surface area (Å²) in [6, 6.07) is 7.35. The van der Waals surface area contributed by atoms with E-state index < -0.39 is 23.9 Å². The maximum atomic E-state index is 14.4. The fraction of sp³-hybridized carbons (Fsp3) is 0.278. The number of benzene rings is 1. The van der Waals surface area contributed by atoms with E-state index in [0.717, 1.165) is 6.07 Å². The molecule has 1 aromatic heterocycles. The van der Waals surface area contributed by atoms with E-state index >= 15 is 0 Å². The quantitative estimate of drug-likeness (QED) is 0.876. The molecule has 1 aromatic carbocycles. The normalized spacial score (nSPS) is 19.7. The second-order valence-electron chi connectivity index (χ2n) is 6.08. The largest absolute Gasteiger partial charge is 0.385 e. The van der Waals surface area contributed by atoms with Gasteiger partial charge in [0.05, 0.1) is 6.61 Å². The van der Waals surface area contributed by atoms with Crippen molar-refractivity contribution in [2.75, 3.05) is 25.2 Å². The van der Waals surface area contributed by atoms with Crippen molar-refractivity contribution in [3.05, 3.63) is 59.2 Å². The number of rotatable bonds is 4. The Bertz CT molecular complexity index is 872. The highest BCUT2D eigenvalue weighted by molar-refractivity contribution is 6.03. The van der Waals surface area contributed by atoms with Gasteiger partial charge >= 0.3 is 0 Å². The van der Waals surface area contributed by atoms with Crippen molar-refractivity contribution < 1.29 is 18.3 Å². The number of hydrogen-bond acceptors (Lipinski definition) is 5. The van der Waals surface area contributed by atoms with Crippen molar-refractivity contribution in [1.82, 2.24) is 4.98 Å². The number of hydrogen-bond donors (Lipinski definition) is 2. The fourth-order valence-corrected chi connectivity index (χ4v) is 2.82. The van der Waals surface area contributed by atoms with Crippen LogP contribution in [-0.2, 0) is 10.3 Å². The number of aliphatic imine (C=N–C) groups is 1. The number of pyridine rings is 1. The third kappa shape index (κ3) is 3.41. The van der Waals surface area contributed by atoms with Crippen LogP contribution in [0.2, 0.25) is 0 Å². The first-order valence-corrected chi connectivity index (χ1v) is 7.96. The molecule has 3 rings (SSSR count). The molecule has 1 amide bonds. The van der Waals surface area contributed by atoms with Crippen molar-refractivity contribution in [3.63, 3.8) is 0 Å². The van der Waals surface area contributed by atoms with E-state index in [2.05, 4.69) is 15.3 Å². The summed E-state index contributed by atoms with van der Waals surface area (Å²) < 4.78 is 33.4. The van der Waals surface area contributed by atoms with Gasteiger partial charge in [-0.3, -0.25) is 14.8 Å². The highest BCUT2D eigenvalue weighted by Crippen LogP contribution is 2.33. The van der Waals surface area contributed by atoms with Crippen molar-refractivity contribution in [2.24, 2.45) is 10.7 Å². The monoisotopic (exact) mass is 360 g/mol. The highest BCUT2D eigenvalue weighted by Gasteiger charge is 2.38. The summed E-state index contributed by atoms with van der Waals surface area (Å²) in [7, 11) is 0. The highest BCUT2D eigenvalue weighted by atomic mass is 19.1. The molecule has 2 aromatic rings. The first-order valence-electron chi connectivity index (χ1n) is 7.96. The zero-order valence-corrected chi connectivity index (χ0v) is 14.1. The lowest BCUT2D eigenvalue weighted by molar-refractivity contribution is 0.0809. The summed E-state index contributed by atoms with van der Waals surface area (Å²) in [4.78, 5) is 20.5. The van der Waals surface area contributed by atoms with Crippen LogP contribution in [0.15, 0.2) is 41.5 Å². The second-order valence-corrected chi connectivity index (χ2v) is 6.08. The lowest BCUT2D eigenvalue weighted by atomic mass is 9.91. The van der Waals surface area contributed by atoms with Gasteiger partial charge in [-0.2, -0.15) is 0 Å². The molecule has 1 aliphatic rings. The molecular weight excluding hydrogens is 342 g/mol. The molecule has 0 saturated heterocycles. The molecule has 2 heterocycles. The summed E-state index contributed by atoms with van der Waals surface area (Å²) in [6.45, 7) is 0.699. The van der Waals surface area contributed by atoms with Crippen LogP contribution in [-0.4, -0.2) is 36.6 Å². The summed E-state index contributed by atoms with van der Waals surface area (Å²) >= 11 is 0. The molecule has 1 aliphatic heterocycles. The molecule has 26 heavy (non-hydrogen) atoms. The van der Waals surface area contributed by atoms with E-state index in [4.69, 9.17) is 10.5 Å². The molecule has 6 nitrogen and oxygen atoms in total. The Morgan fingerprint density at radius 2 is 2.23 bits per heavy atom. The molecule has 0 spiro atoms. The Morgan fingerprint density at radius 1 is 1.42 bits per heavy atom. The Balaban J connectivity index is 1.94. The second kappa shape index (κ2) is 7.17.